The van der Waals surface area contributed by atoms with Crippen molar-refractivity contribution >= 4 is 17.5 Å². The molecule has 0 saturated carbocycles. The number of rotatable bonds is 7. The summed E-state index contributed by atoms with van der Waals surface area (Å²) in [7, 11) is 1.76. The summed E-state index contributed by atoms with van der Waals surface area (Å²) in [6.45, 7) is 6.76. The first-order valence-electron chi connectivity index (χ1n) is 8.30. The van der Waals surface area contributed by atoms with Gasteiger partial charge >= 0.3 is 0 Å². The SMILES string of the molecule is CCOc1ccc(CN(C)C(=O)C(C)Oc2cc(C)ccc2Cl)cc1. The second-order valence-corrected chi connectivity index (χ2v) is 6.37. The minimum atomic E-state index is -0.619. The topological polar surface area (TPSA) is 38.8 Å². The number of likely N-dealkylation sites (N-methyl/N-ethyl adjacent to an activating group) is 1. The number of carbonyl (C=O) groups excluding carboxylic acids is 1. The third-order valence-electron chi connectivity index (χ3n) is 3.77. The van der Waals surface area contributed by atoms with Gasteiger partial charge in [-0.05, 0) is 56.2 Å². The summed E-state index contributed by atoms with van der Waals surface area (Å²) < 4.78 is 11.2. The average Bonchev–Trinajstić information content (AvgIpc) is 2.59. The fourth-order valence-electron chi connectivity index (χ4n) is 2.46. The molecule has 1 atom stereocenters. The molecule has 2 aromatic rings. The molecule has 0 aliphatic heterocycles. The Morgan fingerprint density at radius 2 is 1.88 bits per heavy atom. The van der Waals surface area contributed by atoms with E-state index in [1.165, 1.54) is 0 Å². The van der Waals surface area contributed by atoms with E-state index in [2.05, 4.69) is 0 Å². The lowest BCUT2D eigenvalue weighted by atomic mass is 10.2. The summed E-state index contributed by atoms with van der Waals surface area (Å²) in [6.07, 6.45) is -0.619. The second kappa shape index (κ2) is 8.77. The van der Waals surface area contributed by atoms with E-state index in [4.69, 9.17) is 21.1 Å². The van der Waals surface area contributed by atoms with Crippen molar-refractivity contribution in [2.24, 2.45) is 0 Å². The lowest BCUT2D eigenvalue weighted by Gasteiger charge is -2.23. The molecular weight excluding hydrogens is 338 g/mol. The van der Waals surface area contributed by atoms with Gasteiger partial charge in [-0.25, -0.2) is 0 Å². The molecule has 0 saturated heterocycles. The van der Waals surface area contributed by atoms with Gasteiger partial charge in [0, 0.05) is 13.6 Å². The lowest BCUT2D eigenvalue weighted by molar-refractivity contribution is -0.137. The highest BCUT2D eigenvalue weighted by atomic mass is 35.5. The van der Waals surface area contributed by atoms with Crippen molar-refractivity contribution in [3.05, 3.63) is 58.6 Å². The quantitative estimate of drug-likeness (QED) is 0.730. The van der Waals surface area contributed by atoms with Crippen LogP contribution in [0.1, 0.15) is 25.0 Å². The van der Waals surface area contributed by atoms with Crippen LogP contribution in [0, 0.1) is 6.92 Å². The van der Waals surface area contributed by atoms with Gasteiger partial charge in [-0.15, -0.1) is 0 Å². The van der Waals surface area contributed by atoms with Crippen LogP contribution in [-0.2, 0) is 11.3 Å². The first-order valence-corrected chi connectivity index (χ1v) is 8.68. The molecule has 0 aliphatic carbocycles. The smallest absolute Gasteiger partial charge is 0.263 e. The molecule has 1 unspecified atom stereocenters. The minimum Gasteiger partial charge on any atom is -0.494 e. The summed E-state index contributed by atoms with van der Waals surface area (Å²) in [6, 6.07) is 13.2. The van der Waals surface area contributed by atoms with Crippen molar-refractivity contribution in [1.29, 1.82) is 0 Å². The summed E-state index contributed by atoms with van der Waals surface area (Å²) in [5, 5.41) is 0.499. The van der Waals surface area contributed by atoms with Gasteiger partial charge in [0.25, 0.3) is 5.91 Å². The number of carbonyl (C=O) groups is 1. The number of hydrogen-bond donors (Lipinski definition) is 0. The van der Waals surface area contributed by atoms with E-state index in [1.807, 2.05) is 50.2 Å². The Balaban J connectivity index is 1.97. The van der Waals surface area contributed by atoms with Crippen molar-refractivity contribution in [3.8, 4) is 11.5 Å². The van der Waals surface area contributed by atoms with Crippen LogP contribution >= 0.6 is 11.6 Å². The number of amides is 1. The van der Waals surface area contributed by atoms with Crippen LogP contribution in [0.5, 0.6) is 11.5 Å². The van der Waals surface area contributed by atoms with Crippen LogP contribution < -0.4 is 9.47 Å². The summed E-state index contributed by atoms with van der Waals surface area (Å²) in [4.78, 5) is 14.2. The van der Waals surface area contributed by atoms with Crippen LogP contribution in [0.2, 0.25) is 5.02 Å². The molecule has 5 heteroatoms. The van der Waals surface area contributed by atoms with Gasteiger partial charge in [-0.1, -0.05) is 29.8 Å². The van der Waals surface area contributed by atoms with E-state index in [1.54, 1.807) is 24.9 Å². The molecule has 0 aromatic heterocycles. The van der Waals surface area contributed by atoms with E-state index in [0.29, 0.717) is 23.9 Å². The Hall–Kier alpha value is -2.20. The van der Waals surface area contributed by atoms with Crippen molar-refractivity contribution in [2.45, 2.75) is 33.4 Å². The van der Waals surface area contributed by atoms with Gasteiger partial charge in [0.05, 0.1) is 11.6 Å². The number of hydrogen-bond acceptors (Lipinski definition) is 3. The van der Waals surface area contributed by atoms with Crippen molar-refractivity contribution in [2.75, 3.05) is 13.7 Å². The van der Waals surface area contributed by atoms with Crippen molar-refractivity contribution in [1.82, 2.24) is 4.90 Å². The van der Waals surface area contributed by atoms with Crippen molar-refractivity contribution in [3.63, 3.8) is 0 Å². The maximum absolute atomic E-state index is 12.6. The largest absolute Gasteiger partial charge is 0.494 e. The van der Waals surface area contributed by atoms with Gasteiger partial charge in [-0.3, -0.25) is 4.79 Å². The molecule has 25 heavy (non-hydrogen) atoms. The van der Waals surface area contributed by atoms with E-state index in [9.17, 15) is 4.79 Å². The zero-order valence-corrected chi connectivity index (χ0v) is 15.8. The Morgan fingerprint density at radius 3 is 2.52 bits per heavy atom. The third-order valence-corrected chi connectivity index (χ3v) is 4.08. The van der Waals surface area contributed by atoms with E-state index >= 15 is 0 Å². The molecule has 0 radical (unpaired) electrons. The maximum Gasteiger partial charge on any atom is 0.263 e. The van der Waals surface area contributed by atoms with Crippen LogP contribution in [0.25, 0.3) is 0 Å². The molecule has 0 bridgehead atoms. The maximum atomic E-state index is 12.6. The van der Waals surface area contributed by atoms with Gasteiger partial charge in [-0.2, -0.15) is 0 Å². The van der Waals surface area contributed by atoms with Crippen LogP contribution in [-0.4, -0.2) is 30.6 Å². The van der Waals surface area contributed by atoms with E-state index < -0.39 is 6.10 Å². The van der Waals surface area contributed by atoms with Crippen LogP contribution in [0.3, 0.4) is 0 Å². The molecule has 2 aromatic carbocycles. The van der Waals surface area contributed by atoms with Gasteiger partial charge < -0.3 is 14.4 Å². The fraction of sp³-hybridized carbons (Fsp3) is 0.350. The number of halogens is 1. The van der Waals surface area contributed by atoms with Crippen LogP contribution in [0.4, 0.5) is 0 Å². The summed E-state index contributed by atoms with van der Waals surface area (Å²) in [5.41, 5.74) is 2.06. The highest BCUT2D eigenvalue weighted by Gasteiger charge is 2.20. The molecule has 0 N–H and O–H groups in total. The lowest BCUT2D eigenvalue weighted by Crippen LogP contribution is -2.37. The van der Waals surface area contributed by atoms with E-state index in [-0.39, 0.29) is 5.91 Å². The van der Waals surface area contributed by atoms with Gasteiger partial charge in [0.1, 0.15) is 11.5 Å². The Kier molecular flexibility index (Phi) is 6.71. The zero-order valence-electron chi connectivity index (χ0n) is 15.1. The molecule has 4 nitrogen and oxygen atoms in total. The van der Waals surface area contributed by atoms with Crippen molar-refractivity contribution < 1.29 is 14.3 Å². The Bertz CT molecular complexity index is 715. The zero-order chi connectivity index (χ0) is 18.4. The fourth-order valence-corrected chi connectivity index (χ4v) is 2.62. The average molecular weight is 362 g/mol. The molecule has 0 heterocycles. The molecular formula is C20H24ClNO3. The summed E-state index contributed by atoms with van der Waals surface area (Å²) in [5.74, 6) is 1.24. The van der Waals surface area contributed by atoms with Crippen LogP contribution in [0.15, 0.2) is 42.5 Å². The molecule has 0 fully saturated rings. The monoisotopic (exact) mass is 361 g/mol. The first-order chi connectivity index (χ1) is 11.9. The number of ether oxygens (including phenoxy) is 2. The minimum absolute atomic E-state index is 0.105. The number of nitrogens with zero attached hydrogens (tertiary/aromatic N) is 1. The number of benzene rings is 2. The standard InChI is InChI=1S/C20H24ClNO3/c1-5-24-17-9-7-16(8-10-17)13-22(4)20(23)15(3)25-19-12-14(2)6-11-18(19)21/h6-12,15H,5,13H2,1-4H3. The molecule has 2 rings (SSSR count). The number of aryl methyl sites for hydroxylation is 1. The van der Waals surface area contributed by atoms with Gasteiger partial charge in [0.15, 0.2) is 6.10 Å². The second-order valence-electron chi connectivity index (χ2n) is 5.97. The molecule has 1 amide bonds. The normalized spacial score (nSPS) is 11.7. The Morgan fingerprint density at radius 1 is 1.20 bits per heavy atom. The third kappa shape index (κ3) is 5.40. The highest BCUT2D eigenvalue weighted by Crippen LogP contribution is 2.26. The van der Waals surface area contributed by atoms with Gasteiger partial charge in [0.2, 0.25) is 0 Å². The molecule has 0 aliphatic rings. The predicted molar refractivity (Wildman–Crippen MR) is 100 cm³/mol. The molecule has 0 spiro atoms. The Labute approximate surface area is 154 Å². The highest BCUT2D eigenvalue weighted by molar-refractivity contribution is 6.32. The summed E-state index contributed by atoms with van der Waals surface area (Å²) >= 11 is 6.13. The molecule has 134 valence electrons. The predicted octanol–water partition coefficient (Wildman–Crippen LogP) is 4.47. The van der Waals surface area contributed by atoms with E-state index in [0.717, 1.165) is 16.9 Å². The first kappa shape index (κ1) is 19.1.